The van der Waals surface area contributed by atoms with Gasteiger partial charge in [0.15, 0.2) is 0 Å². The lowest BCUT2D eigenvalue weighted by Gasteiger charge is -2.14. The number of carboxylic acid groups (broad SMARTS) is 1. The van der Waals surface area contributed by atoms with Crippen LogP contribution in [0.15, 0.2) is 18.2 Å². The minimum atomic E-state index is -1.28. The third-order valence-corrected chi connectivity index (χ3v) is 2.90. The summed E-state index contributed by atoms with van der Waals surface area (Å²) < 4.78 is 17.8. The van der Waals surface area contributed by atoms with Crippen molar-refractivity contribution in [2.24, 2.45) is 0 Å². The lowest BCUT2D eigenvalue weighted by atomic mass is 10.1. The van der Waals surface area contributed by atoms with Gasteiger partial charge in [-0.2, -0.15) is 0 Å². The zero-order valence-electron chi connectivity index (χ0n) is 11.7. The van der Waals surface area contributed by atoms with E-state index >= 15 is 0 Å². The number of methoxy groups -OCH3 is 1. The van der Waals surface area contributed by atoms with Gasteiger partial charge in [0.1, 0.15) is 11.9 Å². The van der Waals surface area contributed by atoms with Crippen LogP contribution >= 0.6 is 0 Å². The second kappa shape index (κ2) is 7.37. The molecule has 0 aliphatic rings. The van der Waals surface area contributed by atoms with E-state index in [0.29, 0.717) is 5.56 Å². The van der Waals surface area contributed by atoms with Crippen molar-refractivity contribution in [2.75, 3.05) is 7.11 Å². The van der Waals surface area contributed by atoms with E-state index in [1.807, 2.05) is 0 Å². The maximum Gasteiger partial charge on any atom is 0.326 e. The number of halogens is 1. The Morgan fingerprint density at radius 3 is 2.57 bits per heavy atom. The highest BCUT2D eigenvalue weighted by atomic mass is 19.1. The van der Waals surface area contributed by atoms with Gasteiger partial charge in [0.2, 0.25) is 0 Å². The van der Waals surface area contributed by atoms with Crippen LogP contribution in [0.1, 0.15) is 28.8 Å². The van der Waals surface area contributed by atoms with Gasteiger partial charge in [0, 0.05) is 12.0 Å². The number of benzene rings is 1. The zero-order chi connectivity index (χ0) is 16.0. The summed E-state index contributed by atoms with van der Waals surface area (Å²) in [5, 5.41) is 11.3. The highest BCUT2D eigenvalue weighted by Gasteiger charge is 2.22. The summed E-state index contributed by atoms with van der Waals surface area (Å²) in [6.07, 6.45) is -0.252. The van der Waals surface area contributed by atoms with Crippen molar-refractivity contribution >= 4 is 17.8 Å². The van der Waals surface area contributed by atoms with Gasteiger partial charge in [-0.05, 0) is 31.0 Å². The Kier molecular flexibility index (Phi) is 5.83. The summed E-state index contributed by atoms with van der Waals surface area (Å²) >= 11 is 0. The van der Waals surface area contributed by atoms with Crippen LogP contribution in [0, 0.1) is 12.7 Å². The van der Waals surface area contributed by atoms with E-state index in [1.54, 1.807) is 6.92 Å². The normalized spacial score (nSPS) is 11.6. The van der Waals surface area contributed by atoms with Crippen LogP contribution < -0.4 is 5.32 Å². The number of ether oxygens (including phenoxy) is 1. The lowest BCUT2D eigenvalue weighted by Crippen LogP contribution is -2.41. The quantitative estimate of drug-likeness (QED) is 0.771. The van der Waals surface area contributed by atoms with Crippen LogP contribution in [-0.4, -0.2) is 36.1 Å². The van der Waals surface area contributed by atoms with Gasteiger partial charge in [0.25, 0.3) is 5.91 Å². The van der Waals surface area contributed by atoms with Crippen LogP contribution in [0.5, 0.6) is 0 Å². The molecule has 7 heteroatoms. The van der Waals surface area contributed by atoms with Crippen molar-refractivity contribution in [3.05, 3.63) is 35.1 Å². The first-order valence-electron chi connectivity index (χ1n) is 6.21. The summed E-state index contributed by atoms with van der Waals surface area (Å²) in [6.45, 7) is 1.55. The SMILES string of the molecule is COC(=O)CC[C@H](NC(=O)c1ccc(C)c(F)c1)C(=O)O. The average Bonchev–Trinajstić information content (AvgIpc) is 2.45. The topological polar surface area (TPSA) is 92.7 Å². The molecule has 0 bridgehead atoms. The van der Waals surface area contributed by atoms with Crippen molar-refractivity contribution in [1.82, 2.24) is 5.32 Å². The number of aliphatic carboxylic acids is 1. The van der Waals surface area contributed by atoms with E-state index in [1.165, 1.54) is 19.2 Å². The Hall–Kier alpha value is -2.44. The molecule has 1 aromatic carbocycles. The molecule has 0 spiro atoms. The van der Waals surface area contributed by atoms with E-state index in [0.717, 1.165) is 6.07 Å². The van der Waals surface area contributed by atoms with Crippen molar-refractivity contribution in [3.63, 3.8) is 0 Å². The fourth-order valence-electron chi connectivity index (χ4n) is 1.60. The first-order valence-corrected chi connectivity index (χ1v) is 6.21. The molecular formula is C14H16FNO5. The summed E-state index contributed by atoms with van der Waals surface area (Å²) in [7, 11) is 1.19. The van der Waals surface area contributed by atoms with E-state index in [-0.39, 0.29) is 18.4 Å². The molecule has 0 saturated heterocycles. The predicted molar refractivity (Wildman–Crippen MR) is 71.3 cm³/mol. The van der Waals surface area contributed by atoms with E-state index in [4.69, 9.17) is 5.11 Å². The number of amides is 1. The van der Waals surface area contributed by atoms with Gasteiger partial charge in [-0.15, -0.1) is 0 Å². The fraction of sp³-hybridized carbons (Fsp3) is 0.357. The number of rotatable bonds is 6. The van der Waals surface area contributed by atoms with E-state index in [9.17, 15) is 18.8 Å². The second-order valence-electron chi connectivity index (χ2n) is 4.44. The summed E-state index contributed by atoms with van der Waals surface area (Å²) in [4.78, 5) is 33.9. The number of hydrogen-bond donors (Lipinski definition) is 2. The first kappa shape index (κ1) is 16.6. The molecule has 0 fully saturated rings. The van der Waals surface area contributed by atoms with Crippen LogP contribution in [0.4, 0.5) is 4.39 Å². The van der Waals surface area contributed by atoms with Crippen LogP contribution in [0.3, 0.4) is 0 Å². The van der Waals surface area contributed by atoms with Crippen molar-refractivity contribution in [3.8, 4) is 0 Å². The van der Waals surface area contributed by atoms with Gasteiger partial charge >= 0.3 is 11.9 Å². The number of carbonyl (C=O) groups excluding carboxylic acids is 2. The Morgan fingerprint density at radius 1 is 1.38 bits per heavy atom. The third-order valence-electron chi connectivity index (χ3n) is 2.90. The molecule has 1 rings (SSSR count). The molecule has 21 heavy (non-hydrogen) atoms. The number of nitrogens with one attached hydrogen (secondary N) is 1. The number of carboxylic acids is 1. The van der Waals surface area contributed by atoms with Crippen LogP contribution in [0.25, 0.3) is 0 Å². The average molecular weight is 297 g/mol. The number of hydrogen-bond acceptors (Lipinski definition) is 4. The van der Waals surface area contributed by atoms with Gasteiger partial charge in [-0.3, -0.25) is 9.59 Å². The number of aryl methyl sites for hydroxylation is 1. The molecule has 0 saturated carbocycles. The molecule has 0 aromatic heterocycles. The minimum absolute atomic E-state index is 0.0161. The highest BCUT2D eigenvalue weighted by Crippen LogP contribution is 2.10. The molecule has 1 atom stereocenters. The Morgan fingerprint density at radius 2 is 2.05 bits per heavy atom. The molecule has 0 heterocycles. The van der Waals surface area contributed by atoms with Gasteiger partial charge in [-0.1, -0.05) is 6.07 Å². The molecular weight excluding hydrogens is 281 g/mol. The van der Waals surface area contributed by atoms with Crippen LogP contribution in [0.2, 0.25) is 0 Å². The molecule has 6 nitrogen and oxygen atoms in total. The molecule has 0 unspecified atom stereocenters. The lowest BCUT2D eigenvalue weighted by molar-refractivity contribution is -0.142. The van der Waals surface area contributed by atoms with Crippen molar-refractivity contribution in [1.29, 1.82) is 0 Å². The number of esters is 1. The summed E-state index contributed by atoms with van der Waals surface area (Å²) in [6, 6.07) is 2.60. The van der Waals surface area contributed by atoms with Gasteiger partial charge < -0.3 is 15.2 Å². The van der Waals surface area contributed by atoms with Gasteiger partial charge in [0.05, 0.1) is 7.11 Å². The zero-order valence-corrected chi connectivity index (χ0v) is 11.7. The molecule has 1 amide bonds. The van der Waals surface area contributed by atoms with Crippen LogP contribution in [-0.2, 0) is 14.3 Å². The standard InChI is InChI=1S/C14H16FNO5/c1-8-3-4-9(7-10(8)15)13(18)16-11(14(19)20)5-6-12(17)21-2/h3-4,7,11H,5-6H2,1-2H3,(H,16,18)(H,19,20)/t11-/m0/s1. The van der Waals surface area contributed by atoms with Gasteiger partial charge in [-0.25, -0.2) is 9.18 Å². The molecule has 0 radical (unpaired) electrons. The molecule has 0 aliphatic heterocycles. The molecule has 1 aromatic rings. The Balaban J connectivity index is 2.74. The third kappa shape index (κ3) is 4.87. The Labute approximate surface area is 120 Å². The number of carbonyl (C=O) groups is 3. The highest BCUT2D eigenvalue weighted by molar-refractivity contribution is 5.96. The maximum atomic E-state index is 13.4. The monoisotopic (exact) mass is 297 g/mol. The molecule has 0 aliphatic carbocycles. The summed E-state index contributed by atoms with van der Waals surface area (Å²) in [5.41, 5.74) is 0.398. The maximum absolute atomic E-state index is 13.4. The Bertz CT molecular complexity index is 558. The molecule has 114 valence electrons. The minimum Gasteiger partial charge on any atom is -0.480 e. The smallest absolute Gasteiger partial charge is 0.326 e. The fourth-order valence-corrected chi connectivity index (χ4v) is 1.60. The van der Waals surface area contributed by atoms with E-state index in [2.05, 4.69) is 10.1 Å². The van der Waals surface area contributed by atoms with Crippen molar-refractivity contribution in [2.45, 2.75) is 25.8 Å². The van der Waals surface area contributed by atoms with E-state index < -0.39 is 29.7 Å². The van der Waals surface area contributed by atoms with Crippen molar-refractivity contribution < 1.29 is 28.6 Å². The molecule has 2 N–H and O–H groups in total. The largest absolute Gasteiger partial charge is 0.480 e. The first-order chi connectivity index (χ1) is 9.85. The predicted octanol–water partition coefficient (Wildman–Crippen LogP) is 1.27. The summed E-state index contributed by atoms with van der Waals surface area (Å²) in [5.74, 6) is -3.12. The second-order valence-corrected chi connectivity index (χ2v) is 4.44.